The van der Waals surface area contributed by atoms with Crippen molar-refractivity contribution in [1.82, 2.24) is 4.57 Å². The van der Waals surface area contributed by atoms with Gasteiger partial charge in [-0.2, -0.15) is 0 Å². The predicted molar refractivity (Wildman–Crippen MR) is 365 cm³/mol. The maximum atomic E-state index is 9.62. The Morgan fingerprint density at radius 3 is 1.47 bits per heavy atom. The first-order chi connectivity index (χ1) is 46.0. The summed E-state index contributed by atoms with van der Waals surface area (Å²) in [6.07, 6.45) is 0. The van der Waals surface area contributed by atoms with Crippen LogP contribution in [0, 0.1) is 0 Å². The van der Waals surface area contributed by atoms with E-state index in [2.05, 4.69) is 256 Å². The molecule has 5 heterocycles. The molecule has 4 aliphatic heterocycles. The van der Waals surface area contributed by atoms with Gasteiger partial charge in [0.2, 0.25) is 6.71 Å². The Labute approximate surface area is 516 Å². The number of anilines is 12. The fraction of sp³-hybridized carbons (Fsp3) is 0. The molecule has 8 heteroatoms. The van der Waals surface area contributed by atoms with Crippen LogP contribution in [0.15, 0.2) is 319 Å². The lowest BCUT2D eigenvalue weighted by Crippen LogP contribution is -2.64. The van der Waals surface area contributed by atoms with Crippen LogP contribution in [0.2, 0.25) is 0 Å². The number of aromatic nitrogens is 1. The Morgan fingerprint density at radius 1 is 0.326 bits per heavy atom. The van der Waals surface area contributed by atoms with Crippen molar-refractivity contribution in [1.29, 1.82) is 0 Å². The maximum Gasteiger partial charge on any atom is 0.252 e. The second kappa shape index (κ2) is 19.5. The first-order valence-electron chi connectivity index (χ1n) is 33.0. The summed E-state index contributed by atoms with van der Waals surface area (Å²) in [5, 5.41) is 0.0582. The van der Waals surface area contributed by atoms with Gasteiger partial charge in [-0.3, -0.25) is 0 Å². The summed E-state index contributed by atoms with van der Waals surface area (Å²) in [4.78, 5) is 11.6. The fourth-order valence-corrected chi connectivity index (χ4v) is 15.3. The van der Waals surface area contributed by atoms with Crippen LogP contribution in [0.25, 0.3) is 38.6 Å². The third-order valence-electron chi connectivity index (χ3n) is 17.6. The third kappa shape index (κ3) is 7.36. The second-order valence-corrected chi connectivity index (χ2v) is 23.2. The number of fused-ring (bicyclic) bond motifs is 11. The molecule has 0 fully saturated rings. The lowest BCUT2D eigenvalue weighted by molar-refractivity contribution is 1.15. The summed E-state index contributed by atoms with van der Waals surface area (Å²) in [5.41, 5.74) is 21.2. The Bertz CT molecular complexity index is 5400. The third-order valence-corrected chi connectivity index (χ3v) is 18.7. The number of nitrogens with zero attached hydrogens (tertiary/aromatic N) is 5. The van der Waals surface area contributed by atoms with Crippen LogP contribution in [0.3, 0.4) is 0 Å². The van der Waals surface area contributed by atoms with Crippen molar-refractivity contribution in [3.05, 3.63) is 309 Å². The van der Waals surface area contributed by atoms with Crippen LogP contribution in [0.1, 0.15) is 11.0 Å². The van der Waals surface area contributed by atoms with Crippen LogP contribution >= 0.6 is 11.8 Å². The summed E-state index contributed by atoms with van der Waals surface area (Å²) >= 11 is 1.63. The van der Waals surface area contributed by atoms with Crippen LogP contribution < -0.4 is 52.4 Å². The Kier molecular flexibility index (Phi) is 9.36. The zero-order chi connectivity index (χ0) is 63.4. The molecule has 0 bridgehead atoms. The zero-order valence-corrected chi connectivity index (χ0v) is 46.9. The van der Waals surface area contributed by atoms with E-state index in [9.17, 15) is 5.48 Å². The molecule has 1 aromatic heterocycles. The van der Waals surface area contributed by atoms with E-state index in [1.54, 1.807) is 16.3 Å². The molecule has 0 N–H and O–H groups in total. The lowest BCUT2D eigenvalue weighted by Gasteiger charge is -2.47. The molecule has 13 aromatic carbocycles. The van der Waals surface area contributed by atoms with Crippen LogP contribution in [-0.2, 0) is 0 Å². The van der Waals surface area contributed by atoms with E-state index < -0.39 is 24.2 Å². The first-order valence-corrected chi connectivity index (χ1v) is 29.8. The van der Waals surface area contributed by atoms with E-state index in [0.717, 1.165) is 122 Å². The van der Waals surface area contributed by atoms with Gasteiger partial charge in [0.15, 0.2) is 0 Å². The number of hydrogen-bond donors (Lipinski definition) is 0. The molecule has 0 radical (unpaired) electrons. The molecule has 5 nitrogen and oxygen atoms in total. The highest BCUT2D eigenvalue weighted by Gasteiger charge is 2.48. The summed E-state index contributed by atoms with van der Waals surface area (Å²) in [7, 11) is 0. The molecule has 400 valence electrons. The van der Waals surface area contributed by atoms with Crippen molar-refractivity contribution in [3.8, 4) is 16.8 Å². The molecular weight excluding hydrogens is 1060 g/mol. The molecule has 0 atom stereocenters. The Hall–Kier alpha value is -10.7. The highest BCUT2D eigenvalue weighted by atomic mass is 32.2. The molecule has 0 spiro atoms. The average Bonchev–Trinajstić information content (AvgIpc) is 0.749. The highest BCUT2D eigenvalue weighted by Crippen LogP contribution is 2.52. The Morgan fingerprint density at radius 2 is 0.814 bits per heavy atom. The molecule has 0 saturated heterocycles. The minimum absolute atomic E-state index is 0.0291. The molecule has 86 heavy (non-hydrogen) atoms. The molecule has 4 aliphatic rings. The van der Waals surface area contributed by atoms with Gasteiger partial charge in [-0.1, -0.05) is 217 Å². The quantitative estimate of drug-likeness (QED) is 0.141. The van der Waals surface area contributed by atoms with Gasteiger partial charge in [-0.15, -0.1) is 0 Å². The van der Waals surface area contributed by atoms with Crippen molar-refractivity contribution < 1.29 is 11.0 Å². The number of rotatable bonds is 8. The molecule has 0 aliphatic carbocycles. The van der Waals surface area contributed by atoms with Gasteiger partial charge < -0.3 is 24.2 Å². The summed E-state index contributed by atoms with van der Waals surface area (Å²) in [6.45, 7) is -0.614. The van der Waals surface area contributed by atoms with Crippen molar-refractivity contribution in [3.63, 3.8) is 0 Å². The SMILES string of the molecule is [2H]c1c([2H])c([2H])c2c(c1[2H])c1c([2H])c([2H])c([2H])c([2H])c1n2-c1cc2c3c(c1)N(c1ccccc1)c1cc4c(cc1B3c1ccccc1S2)B1c2ccccc2N(c2ccccc2)c2cc(N(c3ccccc3)c3ccccc3)cc(c21)N4c1ccccc1-c1ccccc1. The number of para-hydroxylation sites is 8. The predicted octanol–water partition coefficient (Wildman–Crippen LogP) is 16.8. The molecule has 0 saturated carbocycles. The topological polar surface area (TPSA) is 17.9 Å². The fourth-order valence-electron chi connectivity index (χ4n) is 14.1. The van der Waals surface area contributed by atoms with Gasteiger partial charge in [0, 0.05) is 88.7 Å². The summed E-state index contributed by atoms with van der Waals surface area (Å²) < 4.78 is 75.6. The Balaban J connectivity index is 0.984. The smallest absolute Gasteiger partial charge is 0.252 e. The van der Waals surface area contributed by atoms with E-state index in [4.69, 9.17) is 5.48 Å². The van der Waals surface area contributed by atoms with Crippen molar-refractivity contribution in [2.45, 2.75) is 9.79 Å². The summed E-state index contributed by atoms with van der Waals surface area (Å²) in [5.74, 6) is 0. The molecular formula is C78H51B2N5S. The van der Waals surface area contributed by atoms with Crippen molar-refractivity contribution in [2.24, 2.45) is 0 Å². The second-order valence-electron chi connectivity index (χ2n) is 22.2. The number of benzene rings is 13. The number of hydrogen-bond acceptors (Lipinski definition) is 5. The van der Waals surface area contributed by atoms with Gasteiger partial charge in [-0.05, 0) is 142 Å². The van der Waals surface area contributed by atoms with E-state index in [1.165, 1.54) is 0 Å². The summed E-state index contributed by atoms with van der Waals surface area (Å²) in [6, 6.07) is 89.4. The van der Waals surface area contributed by atoms with Gasteiger partial charge in [0.1, 0.15) is 0 Å². The first kappa shape index (κ1) is 41.4. The van der Waals surface area contributed by atoms with E-state index in [0.29, 0.717) is 5.69 Å². The molecule has 0 amide bonds. The molecule has 0 unspecified atom stereocenters. The molecule has 18 rings (SSSR count). The highest BCUT2D eigenvalue weighted by molar-refractivity contribution is 8.00. The van der Waals surface area contributed by atoms with E-state index >= 15 is 0 Å². The normalized spacial score (nSPS) is 14.5. The van der Waals surface area contributed by atoms with Crippen LogP contribution in [0.4, 0.5) is 68.2 Å². The average molecular weight is 1120 g/mol. The van der Waals surface area contributed by atoms with Gasteiger partial charge >= 0.3 is 0 Å². The largest absolute Gasteiger partial charge is 0.311 e. The molecule has 14 aromatic rings. The van der Waals surface area contributed by atoms with Crippen LogP contribution in [0.5, 0.6) is 0 Å². The maximum absolute atomic E-state index is 9.62. The minimum Gasteiger partial charge on any atom is -0.311 e. The van der Waals surface area contributed by atoms with E-state index in [-0.39, 0.29) is 59.4 Å². The van der Waals surface area contributed by atoms with Crippen LogP contribution in [-0.4, -0.2) is 18.0 Å². The zero-order valence-electron chi connectivity index (χ0n) is 54.1. The van der Waals surface area contributed by atoms with Gasteiger partial charge in [0.25, 0.3) is 6.71 Å². The van der Waals surface area contributed by atoms with Crippen molar-refractivity contribution in [2.75, 3.05) is 19.6 Å². The van der Waals surface area contributed by atoms with Gasteiger partial charge in [0.05, 0.1) is 33.4 Å². The standard InChI is InChI=1S/C78H51B2N5S/c1-6-26-52(27-7-1)59-36-16-21-41-66(59)85-71-51-70-64(80-63-40-20-25-45-75(63)86-76-49-58(48-74(78(76)80)83(70)56-34-14-5-15-35-56)84-67-42-22-17-37-60(67)61-38-18-23-43-68(61)84)50-65(71)79-62-39-19-24-44-69(62)82(55-32-12-4-13-33-55)72-46-57(47-73(85)77(72)79)81(53-28-8-2-9-29-53)54-30-10-3-11-31-54/h1-51H/i17D,18D,22D,23D,37D,38D,42D,43D. The van der Waals surface area contributed by atoms with E-state index in [1.807, 2.05) is 24.3 Å². The van der Waals surface area contributed by atoms with Crippen molar-refractivity contribution >= 4 is 148 Å². The van der Waals surface area contributed by atoms with Gasteiger partial charge in [-0.25, -0.2) is 0 Å². The minimum atomic E-state index is -0.486. The monoisotopic (exact) mass is 1120 g/mol. The lowest BCUT2D eigenvalue weighted by atomic mass is 9.30.